The van der Waals surface area contributed by atoms with E-state index in [0.29, 0.717) is 0 Å². The van der Waals surface area contributed by atoms with Crippen molar-refractivity contribution in [1.82, 2.24) is 30.7 Å². The smallest absolute Gasteiger partial charge is 0.411 e. The molecule has 18 heteroatoms. The summed E-state index contributed by atoms with van der Waals surface area (Å²) in [5.41, 5.74) is -3.33. The van der Waals surface area contributed by atoms with Crippen molar-refractivity contribution in [2.75, 3.05) is 26.7 Å². The predicted octanol–water partition coefficient (Wildman–Crippen LogP) is 3.05. The third kappa shape index (κ3) is 12.8. The molecule has 54 heavy (non-hydrogen) atoms. The standard InChI is InChI=1S/C36H60N6O12/c1-33(2,3)51-29(46)38-21-14-23(41(18-21)31(48)53-35(7,8)9)26(43)37-20-16-25(28(45)50-13)40(17-20)27(44)24-15-22(39-30(47)52-34(4,5)6)19-42(24)32(49)54-36(10,11)12/h20-25H,14-19H2,1-13H3,(H,37,43)(H,38,46)(H,39,47)/t20-,21+,22+,23+,24+,25+/m1/s1. The Kier molecular flexibility index (Phi) is 13.4. The number of amides is 6. The largest absolute Gasteiger partial charge is 0.467 e. The summed E-state index contributed by atoms with van der Waals surface area (Å²) in [6, 6.07) is -5.43. The van der Waals surface area contributed by atoms with Crippen LogP contribution in [0.3, 0.4) is 0 Å². The number of alkyl carbamates (subject to hydrolysis) is 2. The number of esters is 1. The number of ether oxygens (including phenoxy) is 5. The Bertz CT molecular complexity index is 1440. The van der Waals surface area contributed by atoms with Crippen LogP contribution in [0.25, 0.3) is 0 Å². The molecule has 3 saturated heterocycles. The van der Waals surface area contributed by atoms with Gasteiger partial charge >= 0.3 is 30.3 Å². The fourth-order valence-corrected chi connectivity index (χ4v) is 6.39. The van der Waals surface area contributed by atoms with Crippen LogP contribution in [0.1, 0.15) is 102 Å². The van der Waals surface area contributed by atoms with E-state index < -0.39 is 101 Å². The van der Waals surface area contributed by atoms with E-state index in [1.165, 1.54) is 21.8 Å². The van der Waals surface area contributed by atoms with Gasteiger partial charge in [0, 0.05) is 32.1 Å². The number of nitrogens with one attached hydrogen (secondary N) is 3. The molecule has 18 nitrogen and oxygen atoms in total. The van der Waals surface area contributed by atoms with Gasteiger partial charge < -0.3 is 44.5 Å². The zero-order chi connectivity index (χ0) is 41.1. The Morgan fingerprint density at radius 1 is 0.481 bits per heavy atom. The van der Waals surface area contributed by atoms with Crippen LogP contribution in [-0.4, -0.2) is 142 Å². The van der Waals surface area contributed by atoms with Gasteiger partial charge in [-0.2, -0.15) is 0 Å². The lowest BCUT2D eigenvalue weighted by Gasteiger charge is -2.31. The second kappa shape index (κ2) is 16.5. The molecule has 0 unspecified atom stereocenters. The monoisotopic (exact) mass is 768 g/mol. The van der Waals surface area contributed by atoms with Gasteiger partial charge in [0.1, 0.15) is 40.5 Å². The summed E-state index contributed by atoms with van der Waals surface area (Å²) in [4.78, 5) is 96.8. The van der Waals surface area contributed by atoms with E-state index in [9.17, 15) is 33.6 Å². The molecule has 0 radical (unpaired) electrons. The molecule has 3 aliphatic heterocycles. The maximum Gasteiger partial charge on any atom is 0.411 e. The third-order valence-corrected chi connectivity index (χ3v) is 8.29. The highest BCUT2D eigenvalue weighted by Crippen LogP contribution is 2.29. The van der Waals surface area contributed by atoms with Gasteiger partial charge in [-0.1, -0.05) is 0 Å². The van der Waals surface area contributed by atoms with Crippen LogP contribution >= 0.6 is 0 Å². The van der Waals surface area contributed by atoms with Crippen molar-refractivity contribution in [3.05, 3.63) is 0 Å². The number of hydrogen-bond donors (Lipinski definition) is 3. The number of rotatable bonds is 6. The third-order valence-electron chi connectivity index (χ3n) is 8.29. The summed E-state index contributed by atoms with van der Waals surface area (Å²) in [5, 5.41) is 8.31. The molecule has 0 aromatic rings. The van der Waals surface area contributed by atoms with Crippen LogP contribution < -0.4 is 16.0 Å². The summed E-state index contributed by atoms with van der Waals surface area (Å²) in [7, 11) is 1.18. The van der Waals surface area contributed by atoms with E-state index in [1.807, 2.05) is 0 Å². The molecule has 0 aliphatic carbocycles. The quantitative estimate of drug-likeness (QED) is 0.263. The summed E-state index contributed by atoms with van der Waals surface area (Å²) in [6.45, 7) is 20.1. The van der Waals surface area contributed by atoms with E-state index in [-0.39, 0.29) is 38.9 Å². The Hall–Kier alpha value is -4.51. The lowest BCUT2D eigenvalue weighted by molar-refractivity contribution is -0.152. The first kappa shape index (κ1) is 43.9. The lowest BCUT2D eigenvalue weighted by atomic mass is 10.1. The zero-order valence-corrected chi connectivity index (χ0v) is 33.9. The first-order chi connectivity index (χ1) is 24.6. The lowest BCUT2D eigenvalue weighted by Crippen LogP contribution is -2.53. The first-order valence-corrected chi connectivity index (χ1v) is 18.2. The molecule has 306 valence electrons. The average molecular weight is 769 g/mol. The first-order valence-electron chi connectivity index (χ1n) is 18.2. The molecule has 0 saturated carbocycles. The maximum absolute atomic E-state index is 14.3. The fourth-order valence-electron chi connectivity index (χ4n) is 6.39. The van der Waals surface area contributed by atoms with Crippen LogP contribution in [0, 0.1) is 0 Å². The molecule has 6 atom stereocenters. The van der Waals surface area contributed by atoms with Crippen molar-refractivity contribution in [1.29, 1.82) is 0 Å². The zero-order valence-electron chi connectivity index (χ0n) is 33.9. The summed E-state index contributed by atoms with van der Waals surface area (Å²) in [5.74, 6) is -1.93. The van der Waals surface area contributed by atoms with Gasteiger partial charge in [0.25, 0.3) is 0 Å². The molecule has 3 fully saturated rings. The summed E-state index contributed by atoms with van der Waals surface area (Å²) >= 11 is 0. The number of carbonyl (C=O) groups excluding carboxylic acids is 7. The number of nitrogens with zero attached hydrogens (tertiary/aromatic N) is 3. The molecule has 3 aliphatic rings. The number of methoxy groups -OCH3 is 1. The van der Waals surface area contributed by atoms with Crippen LogP contribution in [0.5, 0.6) is 0 Å². The molecule has 3 rings (SSSR count). The second-order valence-electron chi connectivity index (χ2n) is 17.9. The van der Waals surface area contributed by atoms with E-state index >= 15 is 0 Å². The van der Waals surface area contributed by atoms with Gasteiger partial charge in [0.15, 0.2) is 0 Å². The minimum absolute atomic E-state index is 0.00229. The van der Waals surface area contributed by atoms with Crippen molar-refractivity contribution in [3.8, 4) is 0 Å². The normalized spacial score (nSPS) is 24.7. The van der Waals surface area contributed by atoms with E-state index in [4.69, 9.17) is 23.7 Å². The second-order valence-corrected chi connectivity index (χ2v) is 17.9. The molecule has 0 aromatic carbocycles. The average Bonchev–Trinajstić information content (AvgIpc) is 3.70. The van der Waals surface area contributed by atoms with E-state index in [2.05, 4.69) is 16.0 Å². The minimum Gasteiger partial charge on any atom is -0.467 e. The predicted molar refractivity (Wildman–Crippen MR) is 193 cm³/mol. The van der Waals surface area contributed by atoms with Gasteiger partial charge in [-0.05, 0) is 95.9 Å². The number of likely N-dealkylation sites (tertiary alicyclic amines) is 3. The topological polar surface area (TPSA) is 211 Å². The van der Waals surface area contributed by atoms with Crippen molar-refractivity contribution in [2.24, 2.45) is 0 Å². The Labute approximate surface area is 317 Å². The fraction of sp³-hybridized carbons (Fsp3) is 0.806. The maximum atomic E-state index is 14.3. The number of hydrogen-bond acceptors (Lipinski definition) is 12. The van der Waals surface area contributed by atoms with Crippen LogP contribution in [-0.2, 0) is 38.1 Å². The molecule has 0 aromatic heterocycles. The van der Waals surface area contributed by atoms with E-state index in [1.54, 1.807) is 83.1 Å². The Morgan fingerprint density at radius 2 is 0.833 bits per heavy atom. The van der Waals surface area contributed by atoms with Crippen molar-refractivity contribution in [3.63, 3.8) is 0 Å². The van der Waals surface area contributed by atoms with Gasteiger partial charge in [0.05, 0.1) is 19.2 Å². The minimum atomic E-state index is -1.14. The molecule has 0 spiro atoms. The summed E-state index contributed by atoms with van der Waals surface area (Å²) < 4.78 is 26.9. The van der Waals surface area contributed by atoms with Gasteiger partial charge in [-0.15, -0.1) is 0 Å². The molecular formula is C36H60N6O12. The van der Waals surface area contributed by atoms with Gasteiger partial charge in [0.2, 0.25) is 11.8 Å². The van der Waals surface area contributed by atoms with Crippen molar-refractivity contribution in [2.45, 2.75) is 161 Å². The highest BCUT2D eigenvalue weighted by Gasteiger charge is 2.50. The highest BCUT2D eigenvalue weighted by atomic mass is 16.6. The van der Waals surface area contributed by atoms with Crippen molar-refractivity contribution < 1.29 is 57.2 Å². The van der Waals surface area contributed by atoms with E-state index in [0.717, 1.165) is 0 Å². The number of carbonyl (C=O) groups is 7. The van der Waals surface area contributed by atoms with Gasteiger partial charge in [-0.3, -0.25) is 19.4 Å². The van der Waals surface area contributed by atoms with Crippen molar-refractivity contribution >= 4 is 42.2 Å². The van der Waals surface area contributed by atoms with Crippen LogP contribution in [0.4, 0.5) is 19.2 Å². The Balaban J connectivity index is 1.84. The highest BCUT2D eigenvalue weighted by molar-refractivity contribution is 5.92. The SMILES string of the molecule is COC(=O)[C@@H]1C[C@@H](NC(=O)[C@@H]2C[C@H](NC(=O)OC(C)(C)C)CN2C(=O)OC(C)(C)C)CN1C(=O)[C@@H]1C[C@H](NC(=O)OC(C)(C)C)CN1C(=O)OC(C)(C)C. The van der Waals surface area contributed by atoms with Crippen LogP contribution in [0.2, 0.25) is 0 Å². The Morgan fingerprint density at radius 3 is 1.24 bits per heavy atom. The molecule has 3 N–H and O–H groups in total. The molecule has 3 heterocycles. The molecular weight excluding hydrogens is 708 g/mol. The summed E-state index contributed by atoms with van der Waals surface area (Å²) in [6.07, 6.45) is -2.97. The molecule has 0 bridgehead atoms. The van der Waals surface area contributed by atoms with Gasteiger partial charge in [-0.25, -0.2) is 24.0 Å². The molecule has 6 amide bonds. The van der Waals surface area contributed by atoms with Crippen LogP contribution in [0.15, 0.2) is 0 Å².